The molecule has 0 spiro atoms. The Balaban J connectivity index is 1.12. The molecular formula is C24H26ClN3O2S. The van der Waals surface area contributed by atoms with Crippen LogP contribution in [0.25, 0.3) is 10.2 Å². The second kappa shape index (κ2) is 8.77. The van der Waals surface area contributed by atoms with Crippen molar-refractivity contribution in [1.82, 2.24) is 15.2 Å². The van der Waals surface area contributed by atoms with E-state index in [2.05, 4.69) is 27.3 Å². The van der Waals surface area contributed by atoms with Gasteiger partial charge in [0, 0.05) is 30.1 Å². The highest BCUT2D eigenvalue weighted by molar-refractivity contribution is 7.20. The topological polar surface area (TPSA) is 54.5 Å². The number of benzene rings is 2. The van der Waals surface area contributed by atoms with Crippen LogP contribution < -0.4 is 10.1 Å². The third-order valence-electron chi connectivity index (χ3n) is 6.40. The van der Waals surface area contributed by atoms with Crippen molar-refractivity contribution in [3.8, 4) is 10.9 Å². The molecule has 2 bridgehead atoms. The largest absolute Gasteiger partial charge is 0.431 e. The number of nitrogens with one attached hydrogen (secondary N) is 1. The van der Waals surface area contributed by atoms with Gasteiger partial charge in [0.2, 0.25) is 5.91 Å². The lowest BCUT2D eigenvalue weighted by Crippen LogP contribution is -2.51. The molecule has 0 radical (unpaired) electrons. The Morgan fingerprint density at radius 2 is 1.94 bits per heavy atom. The number of hydrogen-bond donors (Lipinski definition) is 1. The van der Waals surface area contributed by atoms with Crippen LogP contribution in [0.5, 0.6) is 10.9 Å². The van der Waals surface area contributed by atoms with Crippen LogP contribution in [-0.4, -0.2) is 40.5 Å². The van der Waals surface area contributed by atoms with E-state index in [9.17, 15) is 4.79 Å². The highest BCUT2D eigenvalue weighted by Gasteiger charge is 2.41. The van der Waals surface area contributed by atoms with E-state index in [1.807, 2.05) is 30.3 Å². The van der Waals surface area contributed by atoms with Crippen molar-refractivity contribution in [2.24, 2.45) is 0 Å². The van der Waals surface area contributed by atoms with Crippen LogP contribution in [-0.2, 0) is 11.2 Å². The summed E-state index contributed by atoms with van der Waals surface area (Å²) in [6.07, 6.45) is 5.45. The first-order chi connectivity index (χ1) is 15.0. The number of halogens is 1. The second-order valence-corrected chi connectivity index (χ2v) is 9.95. The van der Waals surface area contributed by atoms with Gasteiger partial charge in [-0.1, -0.05) is 35.1 Å². The van der Waals surface area contributed by atoms with E-state index in [0.717, 1.165) is 54.6 Å². The van der Waals surface area contributed by atoms with Gasteiger partial charge in [0.15, 0.2) is 0 Å². The molecule has 0 saturated carbocycles. The SMILES string of the molecule is CC(=O)N1[C@@H]2CC[C@@H]1CC(NCCc1ccc(Oc3nc4ccc(Cl)cc4s3)cc1)C2. The third-order valence-corrected chi connectivity index (χ3v) is 7.53. The van der Waals surface area contributed by atoms with Crippen LogP contribution in [0.2, 0.25) is 5.02 Å². The fraction of sp³-hybridized carbons (Fsp3) is 0.417. The smallest absolute Gasteiger partial charge is 0.279 e. The molecule has 5 nitrogen and oxygen atoms in total. The van der Waals surface area contributed by atoms with Crippen molar-refractivity contribution in [3.05, 3.63) is 53.1 Å². The van der Waals surface area contributed by atoms with Crippen molar-refractivity contribution in [2.75, 3.05) is 6.54 Å². The Labute approximate surface area is 191 Å². The van der Waals surface area contributed by atoms with Gasteiger partial charge in [-0.2, -0.15) is 0 Å². The molecule has 2 aromatic carbocycles. The van der Waals surface area contributed by atoms with E-state index < -0.39 is 0 Å². The molecular weight excluding hydrogens is 430 g/mol. The molecule has 3 aromatic rings. The minimum Gasteiger partial charge on any atom is -0.431 e. The number of rotatable bonds is 6. The van der Waals surface area contributed by atoms with Crippen LogP contribution >= 0.6 is 22.9 Å². The van der Waals surface area contributed by atoms with Crippen molar-refractivity contribution < 1.29 is 9.53 Å². The van der Waals surface area contributed by atoms with Crippen LogP contribution in [0.3, 0.4) is 0 Å². The molecule has 3 heterocycles. The predicted octanol–water partition coefficient (Wildman–Crippen LogP) is 5.42. The number of thiazole rings is 1. The summed E-state index contributed by atoms with van der Waals surface area (Å²) < 4.78 is 6.96. The van der Waals surface area contributed by atoms with Crippen molar-refractivity contribution >= 4 is 39.1 Å². The molecule has 0 aliphatic carbocycles. The number of ether oxygens (including phenoxy) is 1. The number of amides is 1. The molecule has 1 aromatic heterocycles. The first-order valence-corrected chi connectivity index (χ1v) is 12.1. The first kappa shape index (κ1) is 20.7. The quantitative estimate of drug-likeness (QED) is 0.539. The van der Waals surface area contributed by atoms with Crippen molar-refractivity contribution in [2.45, 2.75) is 57.2 Å². The van der Waals surface area contributed by atoms with E-state index in [0.29, 0.717) is 28.3 Å². The molecule has 1 amide bonds. The fourth-order valence-electron chi connectivity index (χ4n) is 5.02. The van der Waals surface area contributed by atoms with Gasteiger partial charge in [-0.3, -0.25) is 4.79 Å². The lowest BCUT2D eigenvalue weighted by Gasteiger charge is -2.38. The van der Waals surface area contributed by atoms with Gasteiger partial charge in [-0.05, 0) is 74.5 Å². The Bertz CT molecular complexity index is 1070. The maximum atomic E-state index is 11.9. The van der Waals surface area contributed by atoms with Gasteiger partial charge in [-0.15, -0.1) is 0 Å². The summed E-state index contributed by atoms with van der Waals surface area (Å²) >= 11 is 7.55. The lowest BCUT2D eigenvalue weighted by atomic mass is 9.97. The molecule has 162 valence electrons. The maximum Gasteiger partial charge on any atom is 0.279 e. The molecule has 1 N–H and O–H groups in total. The molecule has 2 aliphatic rings. The molecule has 2 saturated heterocycles. The number of aromatic nitrogens is 1. The Morgan fingerprint density at radius 3 is 2.65 bits per heavy atom. The van der Waals surface area contributed by atoms with E-state index in [-0.39, 0.29) is 5.91 Å². The minimum atomic E-state index is 0.239. The molecule has 7 heteroatoms. The van der Waals surface area contributed by atoms with E-state index >= 15 is 0 Å². The molecule has 2 atom stereocenters. The molecule has 31 heavy (non-hydrogen) atoms. The average Bonchev–Trinajstić information content (AvgIpc) is 3.26. The van der Waals surface area contributed by atoms with Crippen molar-refractivity contribution in [3.63, 3.8) is 0 Å². The van der Waals surface area contributed by atoms with Gasteiger partial charge in [0.25, 0.3) is 5.19 Å². The van der Waals surface area contributed by atoms with Crippen LogP contribution in [0.15, 0.2) is 42.5 Å². The Kier molecular flexibility index (Phi) is 5.87. The molecule has 2 aliphatic heterocycles. The van der Waals surface area contributed by atoms with E-state index in [4.69, 9.17) is 16.3 Å². The number of fused-ring (bicyclic) bond motifs is 3. The number of nitrogens with zero attached hydrogens (tertiary/aromatic N) is 2. The second-order valence-electron chi connectivity index (χ2n) is 8.52. The summed E-state index contributed by atoms with van der Waals surface area (Å²) in [5, 5.41) is 5.05. The predicted molar refractivity (Wildman–Crippen MR) is 125 cm³/mol. The van der Waals surface area contributed by atoms with E-state index in [1.165, 1.54) is 16.9 Å². The lowest BCUT2D eigenvalue weighted by molar-refractivity contribution is -0.133. The van der Waals surface area contributed by atoms with E-state index in [1.54, 1.807) is 6.92 Å². The summed E-state index contributed by atoms with van der Waals surface area (Å²) in [6.45, 7) is 2.65. The number of carbonyl (C=O) groups excluding carboxylic acids is 1. The van der Waals surface area contributed by atoms with Gasteiger partial charge < -0.3 is 15.0 Å². The average molecular weight is 456 g/mol. The van der Waals surface area contributed by atoms with Crippen LogP contribution in [0.1, 0.15) is 38.2 Å². The standard InChI is InChI=1S/C24H26ClN3O2S/c1-15(29)28-19-5-6-20(28)14-18(13-19)26-11-10-16-2-7-21(8-3-16)30-24-27-22-9-4-17(25)12-23(22)31-24/h2-4,7-9,12,18-20,26H,5-6,10-11,13-14H2,1H3/t19-,20-/m1/s1. The minimum absolute atomic E-state index is 0.239. The number of carbonyl (C=O) groups is 1. The monoisotopic (exact) mass is 455 g/mol. The normalized spacial score (nSPS) is 22.8. The summed E-state index contributed by atoms with van der Waals surface area (Å²) in [5.74, 6) is 1.03. The molecule has 5 rings (SSSR count). The third kappa shape index (κ3) is 4.56. The fourth-order valence-corrected chi connectivity index (χ4v) is 6.14. The zero-order valence-electron chi connectivity index (χ0n) is 17.5. The van der Waals surface area contributed by atoms with Gasteiger partial charge in [0.1, 0.15) is 5.75 Å². The summed E-state index contributed by atoms with van der Waals surface area (Å²) in [5.41, 5.74) is 2.18. The molecule has 0 unspecified atom stereocenters. The van der Waals surface area contributed by atoms with Gasteiger partial charge in [-0.25, -0.2) is 4.98 Å². The zero-order valence-corrected chi connectivity index (χ0v) is 19.1. The first-order valence-electron chi connectivity index (χ1n) is 10.9. The summed E-state index contributed by atoms with van der Waals surface area (Å²) in [6, 6.07) is 15.3. The van der Waals surface area contributed by atoms with Gasteiger partial charge in [0.05, 0.1) is 10.2 Å². The van der Waals surface area contributed by atoms with Crippen molar-refractivity contribution in [1.29, 1.82) is 0 Å². The zero-order chi connectivity index (χ0) is 21.4. The van der Waals surface area contributed by atoms with Crippen LogP contribution in [0.4, 0.5) is 0 Å². The molecule has 2 fully saturated rings. The van der Waals surface area contributed by atoms with Gasteiger partial charge >= 0.3 is 0 Å². The highest BCUT2D eigenvalue weighted by atomic mass is 35.5. The maximum absolute atomic E-state index is 11.9. The summed E-state index contributed by atoms with van der Waals surface area (Å²) in [4.78, 5) is 18.5. The number of piperidine rings is 1. The van der Waals surface area contributed by atoms with Crippen LogP contribution in [0, 0.1) is 0 Å². The highest BCUT2D eigenvalue weighted by Crippen LogP contribution is 2.36. The Hall–Kier alpha value is -2.15. The number of hydrogen-bond acceptors (Lipinski definition) is 5. The Morgan fingerprint density at radius 1 is 1.19 bits per heavy atom. The summed E-state index contributed by atoms with van der Waals surface area (Å²) in [7, 11) is 0.